The minimum absolute atomic E-state index is 0. The Morgan fingerprint density at radius 3 is 1.15 bits per heavy atom. The Hall–Kier alpha value is -1.43. The van der Waals surface area contributed by atoms with Gasteiger partial charge < -0.3 is 19.3 Å². The third-order valence-electron chi connectivity index (χ3n) is 9.51. The highest BCUT2D eigenvalue weighted by Crippen LogP contribution is 2.29. The highest BCUT2D eigenvalue weighted by atomic mass is 35.5. The molecule has 232 valence electrons. The summed E-state index contributed by atoms with van der Waals surface area (Å²) in [5.74, 6) is 0. The Bertz CT molecular complexity index is 892. The number of piperidine rings is 2. The van der Waals surface area contributed by atoms with Gasteiger partial charge in [0, 0.05) is 40.4 Å². The molecule has 2 heterocycles. The summed E-state index contributed by atoms with van der Waals surface area (Å²) in [4.78, 5) is 5.18. The van der Waals surface area contributed by atoms with Crippen molar-refractivity contribution >= 4 is 12.4 Å². The van der Waals surface area contributed by atoms with Gasteiger partial charge in [0.15, 0.2) is 0 Å². The van der Waals surface area contributed by atoms with Crippen LogP contribution in [-0.2, 0) is 20.3 Å². The first kappa shape index (κ1) is 35.8. The third-order valence-corrected chi connectivity index (χ3v) is 9.51. The Morgan fingerprint density at radius 2 is 0.878 bits per heavy atom. The molecule has 2 aromatic rings. The maximum absolute atomic E-state index is 5.44. The number of aryl methyl sites for hydroxylation is 2. The number of rotatable bonds is 10. The fourth-order valence-electron chi connectivity index (χ4n) is 5.91. The first-order valence-corrected chi connectivity index (χ1v) is 15.7. The van der Waals surface area contributed by atoms with Gasteiger partial charge in [-0.1, -0.05) is 87.4 Å². The predicted octanol–water partition coefficient (Wildman–Crippen LogP) is 7.97. The van der Waals surface area contributed by atoms with Gasteiger partial charge in [-0.05, 0) is 87.4 Å². The normalized spacial score (nSPS) is 18.0. The van der Waals surface area contributed by atoms with E-state index in [0.717, 1.165) is 0 Å². The molecular formula is C36H59ClN2O2. The monoisotopic (exact) mass is 586 g/mol. The molecule has 0 radical (unpaired) electrons. The van der Waals surface area contributed by atoms with Crippen molar-refractivity contribution < 1.29 is 9.47 Å². The molecule has 2 aliphatic heterocycles. The zero-order valence-corrected chi connectivity index (χ0v) is 28.2. The molecule has 0 bridgehead atoms. The van der Waals surface area contributed by atoms with Gasteiger partial charge in [0.1, 0.15) is 0 Å². The van der Waals surface area contributed by atoms with Crippen molar-refractivity contribution in [2.45, 2.75) is 103 Å². The maximum atomic E-state index is 5.44. The minimum Gasteiger partial charge on any atom is -0.381 e. The number of methoxy groups -OCH3 is 2. The van der Waals surface area contributed by atoms with Gasteiger partial charge in [0.25, 0.3) is 0 Å². The van der Waals surface area contributed by atoms with Crippen LogP contribution in [0.5, 0.6) is 0 Å². The van der Waals surface area contributed by atoms with Gasteiger partial charge in [-0.2, -0.15) is 0 Å². The topological polar surface area (TPSA) is 24.9 Å². The smallest absolute Gasteiger partial charge is 0.0595 e. The van der Waals surface area contributed by atoms with Gasteiger partial charge in [0.2, 0.25) is 0 Å². The highest BCUT2D eigenvalue weighted by molar-refractivity contribution is 5.85. The molecule has 0 aromatic heterocycles. The molecule has 41 heavy (non-hydrogen) atoms. The summed E-state index contributed by atoms with van der Waals surface area (Å²) >= 11 is 0. The lowest BCUT2D eigenvalue weighted by molar-refractivity contribution is 0.0393. The first-order valence-electron chi connectivity index (χ1n) is 15.7. The van der Waals surface area contributed by atoms with Crippen LogP contribution in [0.2, 0.25) is 0 Å². The van der Waals surface area contributed by atoms with Crippen LogP contribution in [0.1, 0.15) is 88.5 Å². The number of hydrogen-bond donors (Lipinski definition) is 0. The highest BCUT2D eigenvalue weighted by Gasteiger charge is 2.25. The van der Waals surface area contributed by atoms with Crippen LogP contribution in [0.25, 0.3) is 0 Å². The van der Waals surface area contributed by atoms with Crippen molar-refractivity contribution in [1.82, 2.24) is 9.80 Å². The predicted molar refractivity (Wildman–Crippen MR) is 178 cm³/mol. The number of nitrogens with zero attached hydrogens (tertiary/aromatic N) is 2. The molecule has 5 heteroatoms. The Labute approximate surface area is 258 Å². The summed E-state index contributed by atoms with van der Waals surface area (Å²) in [7, 11) is 3.67. The molecule has 2 fully saturated rings. The van der Waals surface area contributed by atoms with Crippen molar-refractivity contribution in [1.29, 1.82) is 0 Å². The molecule has 0 spiro atoms. The number of hydrogen-bond acceptors (Lipinski definition) is 4. The molecule has 0 atom stereocenters. The van der Waals surface area contributed by atoms with Gasteiger partial charge in [-0.3, -0.25) is 0 Å². The van der Waals surface area contributed by atoms with Crippen LogP contribution >= 0.6 is 12.4 Å². The van der Waals surface area contributed by atoms with Gasteiger partial charge in [-0.15, -0.1) is 12.4 Å². The largest absolute Gasteiger partial charge is 0.381 e. The van der Waals surface area contributed by atoms with Gasteiger partial charge >= 0.3 is 0 Å². The van der Waals surface area contributed by atoms with Crippen LogP contribution in [0.3, 0.4) is 0 Å². The minimum atomic E-state index is 0. The van der Waals surface area contributed by atoms with Crippen LogP contribution < -0.4 is 0 Å². The van der Waals surface area contributed by atoms with Crippen LogP contribution in [0.4, 0.5) is 0 Å². The van der Waals surface area contributed by atoms with Crippen molar-refractivity contribution in [3.05, 3.63) is 70.8 Å². The average molecular weight is 587 g/mol. The second kappa shape index (κ2) is 17.0. The van der Waals surface area contributed by atoms with Crippen LogP contribution in [0.15, 0.2) is 48.5 Å². The molecule has 2 saturated heterocycles. The van der Waals surface area contributed by atoms with E-state index in [9.17, 15) is 0 Å². The molecule has 4 rings (SSSR count). The molecule has 0 unspecified atom stereocenters. The zero-order chi connectivity index (χ0) is 29.2. The van der Waals surface area contributed by atoms with Crippen molar-refractivity contribution in [3.63, 3.8) is 0 Å². The van der Waals surface area contributed by atoms with Crippen LogP contribution in [-0.4, -0.2) is 75.5 Å². The Morgan fingerprint density at radius 1 is 0.585 bits per heavy atom. The van der Waals surface area contributed by atoms with Crippen molar-refractivity contribution in [2.75, 3.05) is 53.5 Å². The van der Waals surface area contributed by atoms with E-state index in [4.69, 9.17) is 9.47 Å². The van der Waals surface area contributed by atoms with E-state index in [1.54, 1.807) is 0 Å². The van der Waals surface area contributed by atoms with E-state index in [1.165, 1.54) is 100 Å². The lowest BCUT2D eigenvalue weighted by Gasteiger charge is -2.34. The van der Waals surface area contributed by atoms with Crippen molar-refractivity contribution in [3.8, 4) is 0 Å². The molecule has 0 saturated carbocycles. The summed E-state index contributed by atoms with van der Waals surface area (Å²) in [6, 6.07) is 18.0. The molecule has 0 N–H and O–H groups in total. The third kappa shape index (κ3) is 11.6. The van der Waals surface area contributed by atoms with E-state index in [2.05, 4.69) is 99.9 Å². The molecular weight excluding hydrogens is 528 g/mol. The van der Waals surface area contributed by atoms with E-state index < -0.39 is 0 Å². The fraction of sp³-hybridized carbons (Fsp3) is 0.667. The van der Waals surface area contributed by atoms with E-state index >= 15 is 0 Å². The second-order valence-electron chi connectivity index (χ2n) is 13.6. The molecule has 0 amide bonds. The quantitative estimate of drug-likeness (QED) is 0.282. The number of likely N-dealkylation sites (tertiary alicyclic amines) is 2. The SMILES string of the molecule is COC1CCN(CCC(C)(C)c2ccc(C)cc2)CC1.COC1CCN(CCC(C)(C)c2ccc(C)cc2)CC1.Cl. The van der Waals surface area contributed by atoms with Gasteiger partial charge in [-0.25, -0.2) is 0 Å². The van der Waals surface area contributed by atoms with E-state index in [1.807, 2.05) is 14.2 Å². The summed E-state index contributed by atoms with van der Waals surface area (Å²) in [6.45, 7) is 20.9. The number of halogens is 1. The van der Waals surface area contributed by atoms with Crippen LogP contribution in [0, 0.1) is 13.8 Å². The number of ether oxygens (including phenoxy) is 2. The molecule has 0 aliphatic carbocycles. The first-order chi connectivity index (χ1) is 19.0. The van der Waals surface area contributed by atoms with E-state index in [-0.39, 0.29) is 23.2 Å². The second-order valence-corrected chi connectivity index (χ2v) is 13.6. The number of benzene rings is 2. The summed E-state index contributed by atoms with van der Waals surface area (Å²) in [6.07, 6.45) is 8.13. The average Bonchev–Trinajstić information content (AvgIpc) is 2.96. The Balaban J connectivity index is 0.000000280. The summed E-state index contributed by atoms with van der Waals surface area (Å²) in [5.41, 5.74) is 6.10. The lowest BCUT2D eigenvalue weighted by Crippen LogP contribution is -2.38. The summed E-state index contributed by atoms with van der Waals surface area (Å²) in [5, 5.41) is 0. The fourth-order valence-corrected chi connectivity index (χ4v) is 5.91. The summed E-state index contributed by atoms with van der Waals surface area (Å²) < 4.78 is 10.9. The van der Waals surface area contributed by atoms with E-state index in [0.29, 0.717) is 12.2 Å². The zero-order valence-electron chi connectivity index (χ0n) is 27.4. The molecule has 2 aliphatic rings. The van der Waals surface area contributed by atoms with Gasteiger partial charge in [0.05, 0.1) is 12.2 Å². The lowest BCUT2D eigenvalue weighted by atomic mass is 9.81. The maximum Gasteiger partial charge on any atom is 0.0595 e. The molecule has 2 aromatic carbocycles. The molecule has 4 nitrogen and oxygen atoms in total. The van der Waals surface area contributed by atoms with Crippen molar-refractivity contribution in [2.24, 2.45) is 0 Å². The standard InChI is InChI=1S/2C18H29NO.ClH/c2*1-15-5-7-16(8-6-15)18(2,3)11-14-19-12-9-17(20-4)10-13-19;/h2*5-8,17H,9-14H2,1-4H3;1H. The Kier molecular flexibility index (Phi) is 14.8.